The molecule has 0 radical (unpaired) electrons. The molecule has 0 unspecified atom stereocenters. The molecule has 0 spiro atoms. The molecule has 0 aliphatic rings. The molecule has 0 fully saturated rings. The average molecular weight is 273 g/mol. The normalized spacial score (nSPS) is 10.0. The van der Waals surface area contributed by atoms with Gasteiger partial charge in [-0.1, -0.05) is 12.1 Å². The number of carboxylic acids is 1. The fourth-order valence-electron chi connectivity index (χ4n) is 1.51. The van der Waals surface area contributed by atoms with E-state index in [0.29, 0.717) is 5.56 Å². The number of hydrogen-bond acceptors (Lipinski definition) is 4. The van der Waals surface area contributed by atoms with Gasteiger partial charge in [0.15, 0.2) is 0 Å². The highest BCUT2D eigenvalue weighted by molar-refractivity contribution is 5.92. The summed E-state index contributed by atoms with van der Waals surface area (Å²) in [5.41, 5.74) is 0.395. The second-order valence-corrected chi connectivity index (χ2v) is 3.97. The topological polar surface area (TPSA) is 112 Å². The first kappa shape index (κ1) is 13.5. The van der Waals surface area contributed by atoms with Crippen LogP contribution in [0.3, 0.4) is 0 Å². The van der Waals surface area contributed by atoms with Crippen LogP contribution in [0.2, 0.25) is 0 Å². The van der Waals surface area contributed by atoms with E-state index in [1.165, 1.54) is 30.5 Å². The molecule has 7 heteroatoms. The van der Waals surface area contributed by atoms with Crippen LogP contribution in [0.25, 0.3) is 0 Å². The minimum Gasteiger partial charge on any atom is -0.477 e. The predicted molar refractivity (Wildman–Crippen MR) is 69.4 cm³/mol. The number of pyridine rings is 2. The molecule has 0 aromatic carbocycles. The van der Waals surface area contributed by atoms with E-state index in [-0.39, 0.29) is 23.5 Å². The van der Waals surface area contributed by atoms with Crippen molar-refractivity contribution in [3.8, 4) is 0 Å². The summed E-state index contributed by atoms with van der Waals surface area (Å²) < 4.78 is 0. The Morgan fingerprint density at radius 2 is 2.05 bits per heavy atom. The van der Waals surface area contributed by atoms with E-state index in [1.807, 2.05) is 0 Å². The Kier molecular flexibility index (Phi) is 3.90. The van der Waals surface area contributed by atoms with Crippen molar-refractivity contribution in [2.24, 2.45) is 0 Å². The Bertz CT molecular complexity index is 691. The van der Waals surface area contributed by atoms with Crippen molar-refractivity contribution in [1.82, 2.24) is 15.3 Å². The van der Waals surface area contributed by atoms with Crippen LogP contribution in [0.1, 0.15) is 26.5 Å². The number of carbonyl (C=O) groups is 2. The Morgan fingerprint density at radius 1 is 1.25 bits per heavy atom. The molecule has 0 bridgehead atoms. The van der Waals surface area contributed by atoms with Gasteiger partial charge in [0.1, 0.15) is 11.4 Å². The monoisotopic (exact) mass is 273 g/mol. The number of nitrogens with one attached hydrogen (secondary N) is 2. The van der Waals surface area contributed by atoms with Gasteiger partial charge in [0.25, 0.3) is 5.91 Å². The van der Waals surface area contributed by atoms with Crippen molar-refractivity contribution < 1.29 is 14.7 Å². The van der Waals surface area contributed by atoms with E-state index in [2.05, 4.69) is 15.3 Å². The number of nitrogens with zero attached hydrogens (tertiary/aromatic N) is 1. The highest BCUT2D eigenvalue weighted by atomic mass is 16.4. The lowest BCUT2D eigenvalue weighted by atomic mass is 10.2. The first-order valence-electron chi connectivity index (χ1n) is 5.72. The lowest BCUT2D eigenvalue weighted by molar-refractivity contribution is 0.0690. The lowest BCUT2D eigenvalue weighted by Crippen LogP contribution is -2.25. The molecule has 20 heavy (non-hydrogen) atoms. The van der Waals surface area contributed by atoms with Crippen LogP contribution in [0.5, 0.6) is 0 Å². The van der Waals surface area contributed by atoms with Crippen molar-refractivity contribution >= 4 is 11.9 Å². The van der Waals surface area contributed by atoms with Crippen molar-refractivity contribution in [1.29, 1.82) is 0 Å². The second kappa shape index (κ2) is 5.79. The van der Waals surface area contributed by atoms with Gasteiger partial charge >= 0.3 is 5.97 Å². The minimum absolute atomic E-state index is 0.0625. The SMILES string of the molecule is O=C(O)c1ccc(CNC(=O)c2cccc(=O)[nH]2)cn1. The van der Waals surface area contributed by atoms with Crippen LogP contribution < -0.4 is 10.9 Å². The highest BCUT2D eigenvalue weighted by Gasteiger charge is 2.07. The minimum atomic E-state index is -1.11. The molecule has 2 heterocycles. The summed E-state index contributed by atoms with van der Waals surface area (Å²) in [7, 11) is 0. The quantitative estimate of drug-likeness (QED) is 0.746. The van der Waals surface area contributed by atoms with Gasteiger partial charge < -0.3 is 15.4 Å². The smallest absolute Gasteiger partial charge is 0.354 e. The third kappa shape index (κ3) is 3.29. The van der Waals surface area contributed by atoms with Gasteiger partial charge in [-0.15, -0.1) is 0 Å². The Balaban J connectivity index is 2.00. The molecular formula is C13H11N3O4. The van der Waals surface area contributed by atoms with Gasteiger partial charge in [-0.05, 0) is 17.7 Å². The van der Waals surface area contributed by atoms with Crippen LogP contribution >= 0.6 is 0 Å². The molecule has 3 N–H and O–H groups in total. The zero-order valence-electron chi connectivity index (χ0n) is 10.3. The zero-order chi connectivity index (χ0) is 14.5. The molecule has 2 aromatic heterocycles. The van der Waals surface area contributed by atoms with Crippen molar-refractivity contribution in [3.05, 3.63) is 63.8 Å². The summed E-state index contributed by atoms with van der Waals surface area (Å²) in [5, 5.41) is 11.3. The molecule has 102 valence electrons. The zero-order valence-corrected chi connectivity index (χ0v) is 10.3. The third-order valence-electron chi connectivity index (χ3n) is 2.51. The Morgan fingerprint density at radius 3 is 2.65 bits per heavy atom. The van der Waals surface area contributed by atoms with Gasteiger partial charge in [0.05, 0.1) is 0 Å². The summed E-state index contributed by atoms with van der Waals surface area (Å²) >= 11 is 0. The standard InChI is InChI=1S/C13H11N3O4/c17-11-3-1-2-9(16-11)12(18)15-7-8-4-5-10(13(19)20)14-6-8/h1-6H,7H2,(H,15,18)(H,16,17)(H,19,20). The van der Waals surface area contributed by atoms with Crippen molar-refractivity contribution in [3.63, 3.8) is 0 Å². The van der Waals surface area contributed by atoms with Crippen molar-refractivity contribution in [2.75, 3.05) is 0 Å². The number of hydrogen-bond donors (Lipinski definition) is 3. The number of H-pyrrole nitrogens is 1. The second-order valence-electron chi connectivity index (χ2n) is 3.97. The molecule has 0 atom stereocenters. The number of rotatable bonds is 4. The van der Waals surface area contributed by atoms with E-state index < -0.39 is 11.9 Å². The molecule has 0 saturated heterocycles. The van der Waals surface area contributed by atoms with Gasteiger partial charge in [0.2, 0.25) is 5.56 Å². The molecule has 0 saturated carbocycles. The maximum Gasteiger partial charge on any atom is 0.354 e. The summed E-state index contributed by atoms with van der Waals surface area (Å²) in [4.78, 5) is 39.6. The summed E-state index contributed by atoms with van der Waals surface area (Å²) in [6.45, 7) is 0.183. The van der Waals surface area contributed by atoms with Crippen LogP contribution in [-0.2, 0) is 6.54 Å². The van der Waals surface area contributed by atoms with Crippen LogP contribution in [0, 0.1) is 0 Å². The van der Waals surface area contributed by atoms with Crippen molar-refractivity contribution in [2.45, 2.75) is 6.54 Å². The number of aromatic carboxylic acids is 1. The molecule has 1 amide bonds. The van der Waals surface area contributed by atoms with E-state index in [4.69, 9.17) is 5.11 Å². The molecule has 0 aliphatic heterocycles. The van der Waals surface area contributed by atoms with E-state index >= 15 is 0 Å². The molecular weight excluding hydrogens is 262 g/mol. The number of carboxylic acid groups (broad SMARTS) is 1. The van der Waals surface area contributed by atoms with Gasteiger partial charge in [0, 0.05) is 18.8 Å². The first-order chi connectivity index (χ1) is 9.56. The van der Waals surface area contributed by atoms with Gasteiger partial charge in [-0.3, -0.25) is 9.59 Å². The summed E-state index contributed by atoms with van der Waals surface area (Å²) in [5.74, 6) is -1.53. The Labute approximate surface area is 113 Å². The largest absolute Gasteiger partial charge is 0.477 e. The van der Waals surface area contributed by atoms with Crippen LogP contribution in [-0.4, -0.2) is 27.0 Å². The molecule has 2 rings (SSSR count). The van der Waals surface area contributed by atoms with Crippen LogP contribution in [0.15, 0.2) is 41.3 Å². The Hall–Kier alpha value is -2.96. The maximum atomic E-state index is 11.7. The van der Waals surface area contributed by atoms with Gasteiger partial charge in [-0.2, -0.15) is 0 Å². The highest BCUT2D eigenvalue weighted by Crippen LogP contribution is 2.01. The summed E-state index contributed by atoms with van der Waals surface area (Å²) in [6.07, 6.45) is 1.37. The number of carbonyl (C=O) groups excluding carboxylic acids is 1. The molecule has 7 nitrogen and oxygen atoms in total. The summed E-state index contributed by atoms with van der Waals surface area (Å²) in [6, 6.07) is 7.20. The predicted octanol–water partition coefficient (Wildman–Crippen LogP) is 0.398. The number of aromatic nitrogens is 2. The fraction of sp³-hybridized carbons (Fsp3) is 0.0769. The first-order valence-corrected chi connectivity index (χ1v) is 5.72. The number of aromatic amines is 1. The number of amides is 1. The maximum absolute atomic E-state index is 11.7. The van der Waals surface area contributed by atoms with E-state index in [1.54, 1.807) is 6.07 Å². The molecule has 2 aromatic rings. The van der Waals surface area contributed by atoms with E-state index in [9.17, 15) is 14.4 Å². The van der Waals surface area contributed by atoms with Crippen LogP contribution in [0.4, 0.5) is 0 Å². The van der Waals surface area contributed by atoms with E-state index in [0.717, 1.165) is 0 Å². The lowest BCUT2D eigenvalue weighted by Gasteiger charge is -2.05. The molecule has 0 aliphatic carbocycles. The van der Waals surface area contributed by atoms with Gasteiger partial charge in [-0.25, -0.2) is 9.78 Å². The fourth-order valence-corrected chi connectivity index (χ4v) is 1.51. The average Bonchev–Trinajstić information content (AvgIpc) is 2.45. The third-order valence-corrected chi connectivity index (χ3v) is 2.51.